The predicted octanol–water partition coefficient (Wildman–Crippen LogP) is 1.42. The summed E-state index contributed by atoms with van der Waals surface area (Å²) in [6.07, 6.45) is -0.407. The van der Waals surface area contributed by atoms with Crippen LogP contribution < -0.4 is 0 Å². The lowest BCUT2D eigenvalue weighted by Gasteiger charge is -2.13. The minimum atomic E-state index is -0.407. The highest BCUT2D eigenvalue weighted by Gasteiger charge is 2.25. The molecular weight excluding hydrogens is 168 g/mol. The monoisotopic (exact) mass is 178 g/mol. The van der Waals surface area contributed by atoms with Gasteiger partial charge in [0, 0.05) is 5.56 Å². The summed E-state index contributed by atoms with van der Waals surface area (Å²) in [5.74, 6) is 0.452. The number of hydroxylamine groups is 2. The number of amidine groups is 1. The largest absolute Gasteiger partial charge is 0.366 e. The van der Waals surface area contributed by atoms with Gasteiger partial charge in [-0.2, -0.15) is 5.06 Å². The second-order valence-corrected chi connectivity index (χ2v) is 2.83. The van der Waals surface area contributed by atoms with Crippen molar-refractivity contribution in [1.29, 1.82) is 0 Å². The third kappa shape index (κ3) is 1.36. The first-order chi connectivity index (χ1) is 6.29. The van der Waals surface area contributed by atoms with Crippen molar-refractivity contribution in [3.05, 3.63) is 35.9 Å². The highest BCUT2D eigenvalue weighted by Crippen LogP contribution is 2.14. The van der Waals surface area contributed by atoms with Crippen molar-refractivity contribution >= 4 is 5.84 Å². The van der Waals surface area contributed by atoms with Gasteiger partial charge in [-0.05, 0) is 6.92 Å². The molecular formula is C9H10N2O2. The van der Waals surface area contributed by atoms with Crippen LogP contribution in [0.15, 0.2) is 35.5 Å². The Bertz CT molecular complexity index is 324. The molecule has 1 aromatic carbocycles. The lowest BCUT2D eigenvalue weighted by Crippen LogP contribution is -2.30. The van der Waals surface area contributed by atoms with Gasteiger partial charge in [-0.1, -0.05) is 35.5 Å². The van der Waals surface area contributed by atoms with Crippen LogP contribution in [0.4, 0.5) is 0 Å². The quantitative estimate of drug-likeness (QED) is 0.707. The molecule has 0 fully saturated rings. The molecule has 1 aliphatic heterocycles. The van der Waals surface area contributed by atoms with E-state index in [2.05, 4.69) is 5.16 Å². The third-order valence-electron chi connectivity index (χ3n) is 1.89. The fraction of sp³-hybridized carbons (Fsp3) is 0.222. The van der Waals surface area contributed by atoms with Gasteiger partial charge >= 0.3 is 0 Å². The van der Waals surface area contributed by atoms with Crippen LogP contribution in [0.1, 0.15) is 12.5 Å². The van der Waals surface area contributed by atoms with Crippen LogP contribution in [0.2, 0.25) is 0 Å². The van der Waals surface area contributed by atoms with E-state index in [1.54, 1.807) is 6.92 Å². The third-order valence-corrected chi connectivity index (χ3v) is 1.89. The zero-order valence-corrected chi connectivity index (χ0v) is 7.21. The van der Waals surface area contributed by atoms with Crippen LogP contribution >= 0.6 is 0 Å². The van der Waals surface area contributed by atoms with E-state index < -0.39 is 6.23 Å². The molecule has 1 heterocycles. The molecule has 0 aromatic heterocycles. The number of oxime groups is 1. The zero-order valence-electron chi connectivity index (χ0n) is 7.21. The normalized spacial score (nSPS) is 21.2. The molecule has 0 spiro atoms. The van der Waals surface area contributed by atoms with Gasteiger partial charge in [0.1, 0.15) is 0 Å². The summed E-state index contributed by atoms with van der Waals surface area (Å²) in [5.41, 5.74) is 0.842. The van der Waals surface area contributed by atoms with Gasteiger partial charge < -0.3 is 4.84 Å². The highest BCUT2D eigenvalue weighted by molar-refractivity contribution is 5.98. The summed E-state index contributed by atoms with van der Waals surface area (Å²) in [7, 11) is 0. The molecule has 68 valence electrons. The number of nitrogens with zero attached hydrogens (tertiary/aromatic N) is 2. The zero-order chi connectivity index (χ0) is 9.26. The SMILES string of the molecule is CC1ON=C(c2ccccc2)N1O. The second kappa shape index (κ2) is 3.06. The van der Waals surface area contributed by atoms with E-state index in [1.165, 1.54) is 0 Å². The predicted molar refractivity (Wildman–Crippen MR) is 47.2 cm³/mol. The fourth-order valence-electron chi connectivity index (χ4n) is 1.16. The number of rotatable bonds is 1. The molecule has 4 heteroatoms. The van der Waals surface area contributed by atoms with Gasteiger partial charge in [0.15, 0.2) is 0 Å². The molecule has 1 aliphatic rings. The van der Waals surface area contributed by atoms with E-state index in [9.17, 15) is 5.21 Å². The molecule has 0 aliphatic carbocycles. The molecule has 0 bridgehead atoms. The molecule has 0 amide bonds. The van der Waals surface area contributed by atoms with Gasteiger partial charge in [0.05, 0.1) is 0 Å². The number of hydrogen-bond acceptors (Lipinski definition) is 4. The lowest BCUT2D eigenvalue weighted by molar-refractivity contribution is -0.126. The van der Waals surface area contributed by atoms with Gasteiger partial charge in [0.2, 0.25) is 12.1 Å². The van der Waals surface area contributed by atoms with Crippen LogP contribution in [0.3, 0.4) is 0 Å². The van der Waals surface area contributed by atoms with E-state index in [0.717, 1.165) is 10.6 Å². The van der Waals surface area contributed by atoms with Gasteiger partial charge in [-0.25, -0.2) is 0 Å². The summed E-state index contributed by atoms with van der Waals surface area (Å²) < 4.78 is 0. The van der Waals surface area contributed by atoms with Crippen LogP contribution in [-0.2, 0) is 4.84 Å². The molecule has 0 saturated carbocycles. The van der Waals surface area contributed by atoms with E-state index in [1.807, 2.05) is 30.3 Å². The van der Waals surface area contributed by atoms with Gasteiger partial charge in [0.25, 0.3) is 0 Å². The number of benzene rings is 1. The average molecular weight is 178 g/mol. The number of hydrogen-bond donors (Lipinski definition) is 1. The van der Waals surface area contributed by atoms with Crippen LogP contribution in [0.25, 0.3) is 0 Å². The standard InChI is InChI=1S/C9H10N2O2/c1-7-11(12)9(10-13-7)8-5-3-2-4-6-8/h2-7,12H,1H3. The molecule has 1 aromatic rings. The first-order valence-corrected chi connectivity index (χ1v) is 4.06. The van der Waals surface area contributed by atoms with Crippen molar-refractivity contribution in [1.82, 2.24) is 5.06 Å². The Kier molecular flexibility index (Phi) is 1.90. The van der Waals surface area contributed by atoms with Crippen LogP contribution in [0.5, 0.6) is 0 Å². The minimum absolute atomic E-state index is 0.407. The van der Waals surface area contributed by atoms with E-state index in [-0.39, 0.29) is 0 Å². The lowest BCUT2D eigenvalue weighted by atomic mass is 10.2. The van der Waals surface area contributed by atoms with Crippen molar-refractivity contribution in [3.8, 4) is 0 Å². The Morgan fingerprint density at radius 3 is 2.62 bits per heavy atom. The topological polar surface area (TPSA) is 45.1 Å². The average Bonchev–Trinajstić information content (AvgIpc) is 2.49. The fourth-order valence-corrected chi connectivity index (χ4v) is 1.16. The first-order valence-electron chi connectivity index (χ1n) is 4.06. The molecule has 2 rings (SSSR count). The molecule has 4 nitrogen and oxygen atoms in total. The molecule has 1 unspecified atom stereocenters. The second-order valence-electron chi connectivity index (χ2n) is 2.83. The minimum Gasteiger partial charge on any atom is -0.366 e. The van der Waals surface area contributed by atoms with E-state index in [0.29, 0.717) is 5.84 Å². The van der Waals surface area contributed by atoms with E-state index in [4.69, 9.17) is 4.84 Å². The van der Waals surface area contributed by atoms with Crippen molar-refractivity contribution in [2.75, 3.05) is 0 Å². The maximum Gasteiger partial charge on any atom is 0.221 e. The maximum absolute atomic E-state index is 9.49. The summed E-state index contributed by atoms with van der Waals surface area (Å²) in [6.45, 7) is 1.72. The smallest absolute Gasteiger partial charge is 0.221 e. The van der Waals surface area contributed by atoms with Crippen molar-refractivity contribution < 1.29 is 10.0 Å². The molecule has 1 N–H and O–H groups in total. The Morgan fingerprint density at radius 2 is 2.08 bits per heavy atom. The summed E-state index contributed by atoms with van der Waals surface area (Å²) in [5, 5.41) is 14.3. The van der Waals surface area contributed by atoms with Crippen molar-refractivity contribution in [2.45, 2.75) is 13.2 Å². The van der Waals surface area contributed by atoms with Crippen molar-refractivity contribution in [2.24, 2.45) is 5.16 Å². The Hall–Kier alpha value is -1.55. The maximum atomic E-state index is 9.49. The Balaban J connectivity index is 2.29. The summed E-state index contributed by atoms with van der Waals surface area (Å²) >= 11 is 0. The molecule has 0 radical (unpaired) electrons. The van der Waals surface area contributed by atoms with Gasteiger partial charge in [-0.3, -0.25) is 5.21 Å². The first kappa shape index (κ1) is 8.07. The Morgan fingerprint density at radius 1 is 1.38 bits per heavy atom. The molecule has 0 saturated heterocycles. The van der Waals surface area contributed by atoms with Gasteiger partial charge in [-0.15, -0.1) is 0 Å². The molecule has 1 atom stereocenters. The van der Waals surface area contributed by atoms with Crippen molar-refractivity contribution in [3.63, 3.8) is 0 Å². The van der Waals surface area contributed by atoms with Crippen LogP contribution in [0, 0.1) is 0 Å². The van der Waals surface area contributed by atoms with Crippen LogP contribution in [-0.4, -0.2) is 22.3 Å². The molecule has 13 heavy (non-hydrogen) atoms. The summed E-state index contributed by atoms with van der Waals surface area (Å²) in [6, 6.07) is 9.40. The Labute approximate surface area is 76.0 Å². The van der Waals surface area contributed by atoms with E-state index >= 15 is 0 Å². The summed E-state index contributed by atoms with van der Waals surface area (Å²) in [4.78, 5) is 4.90. The highest BCUT2D eigenvalue weighted by atomic mass is 16.7.